The maximum Gasteiger partial charge on any atom is -0.0216 e. The van der Waals surface area contributed by atoms with Gasteiger partial charge in [0.1, 0.15) is 0 Å². The fourth-order valence-electron chi connectivity index (χ4n) is 2.25. The van der Waals surface area contributed by atoms with Gasteiger partial charge >= 0.3 is 0 Å². The summed E-state index contributed by atoms with van der Waals surface area (Å²) in [7, 11) is 0. The van der Waals surface area contributed by atoms with Gasteiger partial charge in [-0.25, -0.2) is 0 Å². The topological polar surface area (TPSA) is 0 Å². The van der Waals surface area contributed by atoms with E-state index >= 15 is 0 Å². The Kier molecular flexibility index (Phi) is 4.58. The largest absolute Gasteiger partial charge is 0.0625 e. The minimum absolute atomic E-state index is 0.629. The van der Waals surface area contributed by atoms with Gasteiger partial charge in [0.25, 0.3) is 0 Å². The van der Waals surface area contributed by atoms with Crippen LogP contribution in [-0.4, -0.2) is 0 Å². The van der Waals surface area contributed by atoms with Crippen LogP contribution in [-0.2, 0) is 6.42 Å². The quantitative estimate of drug-likeness (QED) is 0.657. The van der Waals surface area contributed by atoms with E-state index in [0.29, 0.717) is 11.8 Å². The van der Waals surface area contributed by atoms with E-state index in [2.05, 4.69) is 59.7 Å². The van der Waals surface area contributed by atoms with Crippen LogP contribution < -0.4 is 0 Å². The second-order valence-electron chi connectivity index (χ2n) is 5.87. The molecule has 0 aromatic heterocycles. The van der Waals surface area contributed by atoms with E-state index in [1.807, 2.05) is 0 Å². The second-order valence-corrected chi connectivity index (χ2v) is 5.87. The Morgan fingerprint density at radius 3 is 1.81 bits per heavy atom. The van der Waals surface area contributed by atoms with E-state index in [0.717, 1.165) is 5.92 Å². The van der Waals surface area contributed by atoms with Crippen LogP contribution in [0.4, 0.5) is 0 Å². The Bertz CT molecular complexity index is 332. The van der Waals surface area contributed by atoms with E-state index in [1.54, 1.807) is 0 Å². The first-order valence-corrected chi connectivity index (χ1v) is 6.54. The molecule has 0 atom stereocenters. The minimum atomic E-state index is 0.629. The smallest absolute Gasteiger partial charge is 0.0216 e. The van der Waals surface area contributed by atoms with E-state index in [4.69, 9.17) is 0 Å². The first-order valence-electron chi connectivity index (χ1n) is 6.54. The second kappa shape index (κ2) is 5.52. The Balaban J connectivity index is 3.07. The first-order chi connectivity index (χ1) is 7.41. The van der Waals surface area contributed by atoms with Crippen molar-refractivity contribution in [2.45, 2.75) is 59.8 Å². The highest BCUT2D eigenvalue weighted by Gasteiger charge is 2.11. The summed E-state index contributed by atoms with van der Waals surface area (Å²) in [6.07, 6.45) is 1.19. The molecule has 90 valence electrons. The lowest BCUT2D eigenvalue weighted by Crippen LogP contribution is -2.02. The maximum atomic E-state index is 2.42. The highest BCUT2D eigenvalue weighted by Crippen LogP contribution is 2.27. The van der Waals surface area contributed by atoms with Crippen molar-refractivity contribution in [3.63, 3.8) is 0 Å². The van der Waals surface area contributed by atoms with Gasteiger partial charge in [0, 0.05) is 0 Å². The molecular formula is C16H26. The summed E-state index contributed by atoms with van der Waals surface area (Å²) in [4.78, 5) is 0. The molecule has 1 rings (SSSR count). The van der Waals surface area contributed by atoms with Crippen molar-refractivity contribution >= 4 is 0 Å². The van der Waals surface area contributed by atoms with Crippen molar-refractivity contribution in [3.8, 4) is 0 Å². The fraction of sp³-hybridized carbons (Fsp3) is 0.625. The molecule has 0 bridgehead atoms. The molecule has 0 saturated carbocycles. The number of benzene rings is 1. The summed E-state index contributed by atoms with van der Waals surface area (Å²) in [6, 6.07) is 7.05. The molecule has 0 aliphatic carbocycles. The minimum Gasteiger partial charge on any atom is -0.0625 e. The molecule has 0 aliphatic rings. The number of rotatable bonds is 4. The van der Waals surface area contributed by atoms with Crippen LogP contribution in [0.3, 0.4) is 0 Å². The van der Waals surface area contributed by atoms with Crippen LogP contribution in [0.2, 0.25) is 0 Å². The SMILES string of the molecule is CC(C)Cc1ccc(C(C)C)c(C(C)C)c1. The van der Waals surface area contributed by atoms with Crippen LogP contribution in [0, 0.1) is 5.92 Å². The zero-order chi connectivity index (χ0) is 12.3. The highest BCUT2D eigenvalue weighted by atomic mass is 14.2. The lowest BCUT2D eigenvalue weighted by molar-refractivity contribution is 0.645. The molecule has 1 aromatic carbocycles. The van der Waals surface area contributed by atoms with Crippen molar-refractivity contribution in [1.29, 1.82) is 0 Å². The Hall–Kier alpha value is -0.780. The van der Waals surface area contributed by atoms with E-state index in [1.165, 1.54) is 23.1 Å². The van der Waals surface area contributed by atoms with Crippen molar-refractivity contribution in [2.75, 3.05) is 0 Å². The standard InChI is InChI=1S/C16H26/c1-11(2)9-14-7-8-15(12(3)4)16(10-14)13(5)6/h7-8,10-13H,9H2,1-6H3. The molecule has 1 aromatic rings. The summed E-state index contributed by atoms with van der Waals surface area (Å²) in [5.74, 6) is 2.00. The van der Waals surface area contributed by atoms with Crippen molar-refractivity contribution in [3.05, 3.63) is 34.9 Å². The van der Waals surface area contributed by atoms with Crippen LogP contribution in [0.5, 0.6) is 0 Å². The lowest BCUT2D eigenvalue weighted by Gasteiger charge is -2.18. The third-order valence-electron chi connectivity index (χ3n) is 3.04. The van der Waals surface area contributed by atoms with Crippen LogP contribution in [0.1, 0.15) is 70.1 Å². The predicted molar refractivity (Wildman–Crippen MR) is 73.2 cm³/mol. The molecule has 0 heteroatoms. The van der Waals surface area contributed by atoms with Gasteiger partial charge in [-0.05, 0) is 40.9 Å². The molecule has 0 amide bonds. The molecule has 0 nitrogen and oxygen atoms in total. The van der Waals surface area contributed by atoms with Crippen molar-refractivity contribution < 1.29 is 0 Å². The molecule has 0 unspecified atom stereocenters. The zero-order valence-electron chi connectivity index (χ0n) is 11.7. The number of hydrogen-bond acceptors (Lipinski definition) is 0. The molecule has 0 aliphatic heterocycles. The van der Waals surface area contributed by atoms with Gasteiger partial charge in [0.15, 0.2) is 0 Å². The Morgan fingerprint density at radius 1 is 0.812 bits per heavy atom. The average Bonchev–Trinajstić information content (AvgIpc) is 2.16. The molecule has 0 N–H and O–H groups in total. The lowest BCUT2D eigenvalue weighted by atomic mass is 9.88. The maximum absolute atomic E-state index is 2.42. The van der Waals surface area contributed by atoms with Gasteiger partial charge < -0.3 is 0 Å². The van der Waals surface area contributed by atoms with Gasteiger partial charge in [-0.15, -0.1) is 0 Å². The van der Waals surface area contributed by atoms with Gasteiger partial charge in [0.2, 0.25) is 0 Å². The van der Waals surface area contributed by atoms with Crippen molar-refractivity contribution in [1.82, 2.24) is 0 Å². The Morgan fingerprint density at radius 2 is 1.38 bits per heavy atom. The molecule has 0 spiro atoms. The van der Waals surface area contributed by atoms with Crippen LogP contribution >= 0.6 is 0 Å². The summed E-state index contributed by atoms with van der Waals surface area (Å²) >= 11 is 0. The normalized spacial score (nSPS) is 11.8. The van der Waals surface area contributed by atoms with E-state index in [9.17, 15) is 0 Å². The first kappa shape index (κ1) is 13.3. The molecule has 0 heterocycles. The van der Waals surface area contributed by atoms with E-state index in [-0.39, 0.29) is 0 Å². The summed E-state index contributed by atoms with van der Waals surface area (Å²) in [5, 5.41) is 0. The molecule has 0 saturated heterocycles. The third-order valence-corrected chi connectivity index (χ3v) is 3.04. The molecule has 0 fully saturated rings. The summed E-state index contributed by atoms with van der Waals surface area (Å²) in [5.41, 5.74) is 4.54. The van der Waals surface area contributed by atoms with Crippen LogP contribution in [0.15, 0.2) is 18.2 Å². The van der Waals surface area contributed by atoms with Crippen LogP contribution in [0.25, 0.3) is 0 Å². The van der Waals surface area contributed by atoms with Gasteiger partial charge in [-0.2, -0.15) is 0 Å². The summed E-state index contributed by atoms with van der Waals surface area (Å²) < 4.78 is 0. The predicted octanol–water partition coefficient (Wildman–Crippen LogP) is 5.13. The average molecular weight is 218 g/mol. The van der Waals surface area contributed by atoms with E-state index < -0.39 is 0 Å². The van der Waals surface area contributed by atoms with Gasteiger partial charge in [0.05, 0.1) is 0 Å². The Labute approximate surface area is 101 Å². The van der Waals surface area contributed by atoms with Gasteiger partial charge in [-0.1, -0.05) is 59.7 Å². The third kappa shape index (κ3) is 3.37. The molecule has 0 radical (unpaired) electrons. The summed E-state index contributed by atoms with van der Waals surface area (Å²) in [6.45, 7) is 13.7. The molecular weight excluding hydrogens is 192 g/mol. The fourth-order valence-corrected chi connectivity index (χ4v) is 2.25. The number of hydrogen-bond donors (Lipinski definition) is 0. The monoisotopic (exact) mass is 218 g/mol. The van der Waals surface area contributed by atoms with Gasteiger partial charge in [-0.3, -0.25) is 0 Å². The zero-order valence-corrected chi connectivity index (χ0v) is 11.7. The van der Waals surface area contributed by atoms with Crippen molar-refractivity contribution in [2.24, 2.45) is 5.92 Å². The highest BCUT2D eigenvalue weighted by molar-refractivity contribution is 5.36. The molecule has 16 heavy (non-hydrogen) atoms.